The summed E-state index contributed by atoms with van der Waals surface area (Å²) in [5.41, 5.74) is 2.20. The van der Waals surface area contributed by atoms with Crippen LogP contribution in [0.3, 0.4) is 0 Å². The minimum absolute atomic E-state index is 0.281. The molecule has 138 valence electrons. The molecule has 0 aliphatic carbocycles. The summed E-state index contributed by atoms with van der Waals surface area (Å²) in [5.74, 6) is 1.82. The van der Waals surface area contributed by atoms with Crippen molar-refractivity contribution in [1.29, 1.82) is 0 Å². The van der Waals surface area contributed by atoms with Gasteiger partial charge < -0.3 is 20.1 Å². The topological polar surface area (TPSA) is 70.5 Å². The lowest BCUT2D eigenvalue weighted by Crippen LogP contribution is -2.51. The number of β-amino-alcohol motifs (C(OH)–C–C–N with tert-alkyl or cyclic N) is 1. The van der Waals surface area contributed by atoms with E-state index >= 15 is 0 Å². The Morgan fingerprint density at radius 2 is 2.15 bits per heavy atom. The van der Waals surface area contributed by atoms with Crippen LogP contribution >= 0.6 is 11.6 Å². The molecule has 3 heterocycles. The fraction of sp³-hybridized carbons (Fsp3) is 0.474. The van der Waals surface area contributed by atoms with Gasteiger partial charge in [0.1, 0.15) is 5.82 Å². The van der Waals surface area contributed by atoms with Gasteiger partial charge in [0.15, 0.2) is 0 Å². The van der Waals surface area contributed by atoms with Crippen molar-refractivity contribution >= 4 is 23.4 Å². The quantitative estimate of drug-likeness (QED) is 0.809. The highest BCUT2D eigenvalue weighted by Crippen LogP contribution is 2.28. The second-order valence-electron chi connectivity index (χ2n) is 6.90. The highest BCUT2D eigenvalue weighted by molar-refractivity contribution is 6.30. The molecular formula is C19H23ClN4O2. The molecule has 0 spiro atoms. The number of halogens is 1. The highest BCUT2D eigenvalue weighted by atomic mass is 35.5. The lowest BCUT2D eigenvalue weighted by molar-refractivity contribution is 0.140. The molecule has 26 heavy (non-hydrogen) atoms. The SMILES string of the molecule is OC1CN(c2nc(NCCc3cccc(Cl)c3)cc([C@H]3CCOC3)n2)C1. The van der Waals surface area contributed by atoms with Crippen LogP contribution in [0.25, 0.3) is 0 Å². The average Bonchev–Trinajstić information content (AvgIpc) is 3.13. The molecule has 0 unspecified atom stereocenters. The number of hydrogen-bond acceptors (Lipinski definition) is 6. The standard InChI is InChI=1S/C19H23ClN4O2/c20-15-3-1-2-13(8-15)4-6-21-18-9-17(14-5-7-26-12-14)22-19(23-18)24-10-16(25)11-24/h1-3,8-9,14,16,25H,4-7,10-12H2,(H,21,22,23)/t14-/m0/s1. The number of nitrogens with zero attached hydrogens (tertiary/aromatic N) is 3. The van der Waals surface area contributed by atoms with E-state index in [2.05, 4.69) is 16.4 Å². The summed E-state index contributed by atoms with van der Waals surface area (Å²) < 4.78 is 5.51. The van der Waals surface area contributed by atoms with Crippen LogP contribution in [0.4, 0.5) is 11.8 Å². The Kier molecular flexibility index (Phi) is 5.24. The number of aliphatic hydroxyl groups is 1. The summed E-state index contributed by atoms with van der Waals surface area (Å²) in [7, 11) is 0. The molecule has 2 aromatic rings. The van der Waals surface area contributed by atoms with E-state index in [1.165, 1.54) is 5.56 Å². The molecule has 0 amide bonds. The monoisotopic (exact) mass is 374 g/mol. The van der Waals surface area contributed by atoms with Gasteiger partial charge in [-0.2, -0.15) is 4.98 Å². The number of ether oxygens (including phenoxy) is 1. The first-order valence-corrected chi connectivity index (χ1v) is 9.43. The summed E-state index contributed by atoms with van der Waals surface area (Å²) in [6.07, 6.45) is 1.57. The third-order valence-electron chi connectivity index (χ3n) is 4.84. The molecule has 1 aromatic heterocycles. The van der Waals surface area contributed by atoms with Gasteiger partial charge in [-0.15, -0.1) is 0 Å². The minimum atomic E-state index is -0.281. The zero-order valence-corrected chi connectivity index (χ0v) is 15.3. The van der Waals surface area contributed by atoms with Crippen LogP contribution in [0.1, 0.15) is 23.6 Å². The van der Waals surface area contributed by atoms with E-state index < -0.39 is 0 Å². The van der Waals surface area contributed by atoms with Crippen LogP contribution in [0, 0.1) is 0 Å². The normalized spacial score (nSPS) is 20.2. The average molecular weight is 375 g/mol. The zero-order valence-electron chi connectivity index (χ0n) is 14.6. The molecule has 2 aliphatic rings. The number of anilines is 2. The minimum Gasteiger partial charge on any atom is -0.389 e. The van der Waals surface area contributed by atoms with Gasteiger partial charge in [-0.3, -0.25) is 0 Å². The second kappa shape index (κ2) is 7.78. The predicted molar refractivity (Wildman–Crippen MR) is 102 cm³/mol. The van der Waals surface area contributed by atoms with Crippen LogP contribution in [-0.2, 0) is 11.2 Å². The largest absolute Gasteiger partial charge is 0.389 e. The Morgan fingerprint density at radius 3 is 2.88 bits per heavy atom. The van der Waals surface area contributed by atoms with E-state index in [-0.39, 0.29) is 6.10 Å². The Balaban J connectivity index is 1.46. The van der Waals surface area contributed by atoms with Gasteiger partial charge in [-0.25, -0.2) is 4.98 Å². The van der Waals surface area contributed by atoms with Crippen molar-refractivity contribution in [3.63, 3.8) is 0 Å². The van der Waals surface area contributed by atoms with Gasteiger partial charge in [-0.1, -0.05) is 23.7 Å². The van der Waals surface area contributed by atoms with E-state index in [9.17, 15) is 5.11 Å². The lowest BCUT2D eigenvalue weighted by Gasteiger charge is -2.36. The van der Waals surface area contributed by atoms with Crippen LogP contribution in [0.5, 0.6) is 0 Å². The first-order chi connectivity index (χ1) is 12.7. The number of rotatable bonds is 6. The Labute approximate surface area is 158 Å². The van der Waals surface area contributed by atoms with E-state index in [0.717, 1.165) is 42.5 Å². The summed E-state index contributed by atoms with van der Waals surface area (Å²) in [4.78, 5) is 11.4. The van der Waals surface area contributed by atoms with Crippen molar-refractivity contribution in [2.24, 2.45) is 0 Å². The lowest BCUT2D eigenvalue weighted by atomic mass is 10.0. The van der Waals surface area contributed by atoms with Crippen molar-refractivity contribution in [2.75, 3.05) is 43.1 Å². The number of aromatic nitrogens is 2. The van der Waals surface area contributed by atoms with Crippen molar-refractivity contribution in [2.45, 2.75) is 24.9 Å². The maximum atomic E-state index is 9.58. The third kappa shape index (κ3) is 4.09. The van der Waals surface area contributed by atoms with Crippen molar-refractivity contribution < 1.29 is 9.84 Å². The van der Waals surface area contributed by atoms with Crippen molar-refractivity contribution in [3.05, 3.63) is 46.6 Å². The molecule has 2 aliphatic heterocycles. The molecule has 6 nitrogen and oxygen atoms in total. The second-order valence-corrected chi connectivity index (χ2v) is 7.34. The first-order valence-electron chi connectivity index (χ1n) is 9.05. The molecule has 2 saturated heterocycles. The van der Waals surface area contributed by atoms with Gasteiger partial charge in [0.05, 0.1) is 18.4 Å². The smallest absolute Gasteiger partial charge is 0.227 e. The number of hydrogen-bond donors (Lipinski definition) is 2. The molecule has 2 fully saturated rings. The van der Waals surface area contributed by atoms with E-state index in [4.69, 9.17) is 21.3 Å². The van der Waals surface area contributed by atoms with Crippen molar-refractivity contribution in [1.82, 2.24) is 9.97 Å². The van der Waals surface area contributed by atoms with E-state index in [1.807, 2.05) is 29.2 Å². The van der Waals surface area contributed by atoms with Crippen LogP contribution < -0.4 is 10.2 Å². The van der Waals surface area contributed by atoms with Crippen molar-refractivity contribution in [3.8, 4) is 0 Å². The molecule has 1 atom stereocenters. The fourth-order valence-corrected chi connectivity index (χ4v) is 3.52. The summed E-state index contributed by atoms with van der Waals surface area (Å²) in [6, 6.07) is 9.93. The molecule has 4 rings (SSSR count). The molecule has 0 bridgehead atoms. The van der Waals surface area contributed by atoms with Gasteiger partial charge >= 0.3 is 0 Å². The number of nitrogens with one attached hydrogen (secondary N) is 1. The maximum Gasteiger partial charge on any atom is 0.227 e. The predicted octanol–water partition coefficient (Wildman–Crippen LogP) is 2.47. The third-order valence-corrected chi connectivity index (χ3v) is 5.07. The molecule has 1 aromatic carbocycles. The van der Waals surface area contributed by atoms with Crippen LogP contribution in [0.2, 0.25) is 5.02 Å². The van der Waals surface area contributed by atoms with E-state index in [0.29, 0.717) is 31.6 Å². The Hall–Kier alpha value is -1.89. The summed E-state index contributed by atoms with van der Waals surface area (Å²) in [5, 5.41) is 13.7. The summed E-state index contributed by atoms with van der Waals surface area (Å²) >= 11 is 6.05. The number of aliphatic hydroxyl groups excluding tert-OH is 1. The highest BCUT2D eigenvalue weighted by Gasteiger charge is 2.28. The molecule has 0 saturated carbocycles. The Bertz CT molecular complexity index is 761. The van der Waals surface area contributed by atoms with Gasteiger partial charge in [0.25, 0.3) is 0 Å². The fourth-order valence-electron chi connectivity index (χ4n) is 3.31. The first kappa shape index (κ1) is 17.5. The Morgan fingerprint density at radius 1 is 1.27 bits per heavy atom. The van der Waals surface area contributed by atoms with Crippen LogP contribution in [0.15, 0.2) is 30.3 Å². The van der Waals surface area contributed by atoms with E-state index in [1.54, 1.807) is 0 Å². The zero-order chi connectivity index (χ0) is 17.9. The number of benzene rings is 1. The van der Waals surface area contributed by atoms with Crippen LogP contribution in [-0.4, -0.2) is 54.0 Å². The molecular weight excluding hydrogens is 352 g/mol. The van der Waals surface area contributed by atoms with Gasteiger partial charge in [0, 0.05) is 43.2 Å². The molecule has 7 heteroatoms. The maximum absolute atomic E-state index is 9.58. The summed E-state index contributed by atoms with van der Waals surface area (Å²) in [6.45, 7) is 3.43. The molecule has 2 N–H and O–H groups in total. The molecule has 0 radical (unpaired) electrons. The van der Waals surface area contributed by atoms with Gasteiger partial charge in [-0.05, 0) is 30.5 Å². The van der Waals surface area contributed by atoms with Gasteiger partial charge in [0.2, 0.25) is 5.95 Å².